The van der Waals surface area contributed by atoms with Crippen molar-refractivity contribution in [1.29, 1.82) is 0 Å². The molecule has 1 atom stereocenters. The zero-order valence-corrected chi connectivity index (χ0v) is 15.3. The van der Waals surface area contributed by atoms with Gasteiger partial charge in [-0.2, -0.15) is 0 Å². The summed E-state index contributed by atoms with van der Waals surface area (Å²) in [7, 11) is 3.54. The maximum atomic E-state index is 12.9. The highest BCUT2D eigenvalue weighted by molar-refractivity contribution is 5.82. The van der Waals surface area contributed by atoms with E-state index in [2.05, 4.69) is 15.1 Å². The van der Waals surface area contributed by atoms with Gasteiger partial charge in [0, 0.05) is 33.7 Å². The van der Waals surface area contributed by atoms with Crippen LogP contribution in [-0.4, -0.2) is 64.3 Å². The maximum Gasteiger partial charge on any atom is 0.247 e. The van der Waals surface area contributed by atoms with Gasteiger partial charge in [-0.3, -0.25) is 9.69 Å². The van der Waals surface area contributed by atoms with Crippen molar-refractivity contribution in [1.82, 2.24) is 24.6 Å². The average Bonchev–Trinajstić information content (AvgIpc) is 3.02. The molecule has 2 aliphatic heterocycles. The van der Waals surface area contributed by atoms with Gasteiger partial charge in [-0.05, 0) is 24.6 Å². The first kappa shape index (κ1) is 16.8. The Bertz CT molecular complexity index is 832. The molecule has 4 rings (SSSR count). The van der Waals surface area contributed by atoms with E-state index in [-0.39, 0.29) is 5.91 Å². The van der Waals surface area contributed by atoms with E-state index in [1.54, 1.807) is 19.0 Å². The van der Waals surface area contributed by atoms with Crippen LogP contribution in [0.2, 0.25) is 0 Å². The first-order chi connectivity index (χ1) is 12.5. The maximum absolute atomic E-state index is 12.9. The molecule has 26 heavy (non-hydrogen) atoms. The Hall–Kier alpha value is -2.61. The minimum absolute atomic E-state index is 0.0101. The van der Waals surface area contributed by atoms with E-state index >= 15 is 0 Å². The van der Waals surface area contributed by atoms with Gasteiger partial charge in [-0.1, -0.05) is 6.07 Å². The van der Waals surface area contributed by atoms with Gasteiger partial charge in [0.15, 0.2) is 23.4 Å². The first-order valence-corrected chi connectivity index (χ1v) is 8.78. The second-order valence-electron chi connectivity index (χ2n) is 6.84. The molecule has 0 saturated heterocycles. The lowest BCUT2D eigenvalue weighted by Crippen LogP contribution is -2.45. The second-order valence-corrected chi connectivity index (χ2v) is 6.84. The molecule has 8 heteroatoms. The van der Waals surface area contributed by atoms with Crippen molar-refractivity contribution < 1.29 is 14.3 Å². The van der Waals surface area contributed by atoms with Gasteiger partial charge < -0.3 is 18.9 Å². The van der Waals surface area contributed by atoms with E-state index < -0.39 is 6.04 Å². The first-order valence-electron chi connectivity index (χ1n) is 8.78. The number of carbonyl (C=O) groups is 1. The van der Waals surface area contributed by atoms with Crippen LogP contribution in [0.1, 0.15) is 23.3 Å². The van der Waals surface area contributed by atoms with Gasteiger partial charge in [-0.25, -0.2) is 0 Å². The third-order valence-electron chi connectivity index (χ3n) is 4.85. The van der Waals surface area contributed by atoms with E-state index in [1.807, 2.05) is 29.7 Å². The summed E-state index contributed by atoms with van der Waals surface area (Å²) in [5.41, 5.74) is 1.08. The van der Waals surface area contributed by atoms with Crippen LogP contribution in [0.25, 0.3) is 0 Å². The summed E-state index contributed by atoms with van der Waals surface area (Å²) >= 11 is 0. The normalized spacial score (nSPS) is 19.1. The molecule has 0 spiro atoms. The van der Waals surface area contributed by atoms with Crippen molar-refractivity contribution in [2.75, 3.05) is 33.9 Å². The van der Waals surface area contributed by atoms with Crippen LogP contribution in [-0.2, 0) is 17.9 Å². The Balaban J connectivity index is 1.63. The predicted octanol–water partition coefficient (Wildman–Crippen LogP) is 1.00. The third-order valence-corrected chi connectivity index (χ3v) is 4.85. The van der Waals surface area contributed by atoms with Crippen molar-refractivity contribution in [3.05, 3.63) is 35.4 Å². The molecule has 0 fully saturated rings. The van der Waals surface area contributed by atoms with Crippen molar-refractivity contribution in [2.24, 2.45) is 0 Å². The van der Waals surface area contributed by atoms with Crippen LogP contribution in [0.4, 0.5) is 0 Å². The molecule has 3 heterocycles. The molecule has 2 aromatic rings. The highest BCUT2D eigenvalue weighted by Gasteiger charge is 2.37. The number of aryl methyl sites for hydroxylation is 1. The Morgan fingerprint density at radius 3 is 2.73 bits per heavy atom. The number of aromatic nitrogens is 3. The van der Waals surface area contributed by atoms with Crippen LogP contribution in [0.5, 0.6) is 11.5 Å². The van der Waals surface area contributed by atoms with Crippen LogP contribution < -0.4 is 9.47 Å². The molecule has 8 nitrogen and oxygen atoms in total. The van der Waals surface area contributed by atoms with Crippen LogP contribution in [0.15, 0.2) is 18.2 Å². The fourth-order valence-corrected chi connectivity index (χ4v) is 3.50. The summed E-state index contributed by atoms with van der Waals surface area (Å²) in [5.74, 6) is 3.10. The van der Waals surface area contributed by atoms with E-state index in [1.165, 1.54) is 0 Å². The molecule has 0 N–H and O–H groups in total. The lowest BCUT2D eigenvalue weighted by atomic mass is 10.1. The summed E-state index contributed by atoms with van der Waals surface area (Å²) < 4.78 is 13.3. The van der Waals surface area contributed by atoms with Gasteiger partial charge >= 0.3 is 0 Å². The van der Waals surface area contributed by atoms with Crippen molar-refractivity contribution in [2.45, 2.75) is 26.1 Å². The zero-order valence-electron chi connectivity index (χ0n) is 15.3. The van der Waals surface area contributed by atoms with Crippen LogP contribution >= 0.6 is 0 Å². The molecule has 0 radical (unpaired) electrons. The largest absolute Gasteiger partial charge is 0.486 e. The van der Waals surface area contributed by atoms with Crippen LogP contribution in [0, 0.1) is 6.92 Å². The minimum atomic E-state index is -0.437. The number of ether oxygens (including phenoxy) is 2. The second kappa shape index (κ2) is 6.60. The summed E-state index contributed by atoms with van der Waals surface area (Å²) in [4.78, 5) is 16.6. The van der Waals surface area contributed by atoms with Crippen molar-refractivity contribution in [3.8, 4) is 11.5 Å². The SMILES string of the molecule is Cc1nnc2n1CCN(Cc1ccc3c(c1)OCCO3)C2C(=O)N(C)C. The lowest BCUT2D eigenvalue weighted by Gasteiger charge is -2.36. The number of rotatable bonds is 3. The van der Waals surface area contributed by atoms with Gasteiger partial charge in [-0.15, -0.1) is 10.2 Å². The number of hydrogen-bond donors (Lipinski definition) is 0. The molecule has 1 aromatic carbocycles. The Labute approximate surface area is 152 Å². The monoisotopic (exact) mass is 357 g/mol. The highest BCUT2D eigenvalue weighted by Crippen LogP contribution is 2.33. The standard InChI is InChI=1S/C18H23N5O3/c1-12-19-20-17-16(18(24)21(2)3)22(6-7-23(12)17)11-13-4-5-14-15(10-13)26-9-8-25-14/h4-5,10,16H,6-9,11H2,1-3H3. The quantitative estimate of drug-likeness (QED) is 0.816. The Morgan fingerprint density at radius 1 is 1.19 bits per heavy atom. The molecular weight excluding hydrogens is 334 g/mol. The fraction of sp³-hybridized carbons (Fsp3) is 0.500. The summed E-state index contributed by atoms with van der Waals surface area (Å²) in [6.45, 7) is 5.22. The summed E-state index contributed by atoms with van der Waals surface area (Å²) in [6.07, 6.45) is 0. The van der Waals surface area contributed by atoms with E-state index in [4.69, 9.17) is 9.47 Å². The molecule has 138 valence electrons. The topological polar surface area (TPSA) is 72.7 Å². The minimum Gasteiger partial charge on any atom is -0.486 e. The number of likely N-dealkylation sites (N-methyl/N-ethyl adjacent to an activating group) is 1. The van der Waals surface area contributed by atoms with Gasteiger partial charge in [0.2, 0.25) is 5.91 Å². The van der Waals surface area contributed by atoms with E-state index in [9.17, 15) is 4.79 Å². The number of carbonyl (C=O) groups excluding carboxylic acids is 1. The van der Waals surface area contributed by atoms with Crippen LogP contribution in [0.3, 0.4) is 0 Å². The van der Waals surface area contributed by atoms with E-state index in [0.717, 1.165) is 36.0 Å². The number of fused-ring (bicyclic) bond motifs is 2. The molecule has 1 unspecified atom stereocenters. The number of nitrogens with zero attached hydrogens (tertiary/aromatic N) is 5. The van der Waals surface area contributed by atoms with Gasteiger partial charge in [0.25, 0.3) is 0 Å². The predicted molar refractivity (Wildman–Crippen MR) is 94.0 cm³/mol. The number of benzene rings is 1. The fourth-order valence-electron chi connectivity index (χ4n) is 3.50. The summed E-state index contributed by atoms with van der Waals surface area (Å²) in [5, 5.41) is 8.45. The molecule has 2 aliphatic rings. The van der Waals surface area contributed by atoms with Crippen molar-refractivity contribution >= 4 is 5.91 Å². The Kier molecular flexibility index (Phi) is 4.28. The Morgan fingerprint density at radius 2 is 1.96 bits per heavy atom. The summed E-state index contributed by atoms with van der Waals surface area (Å²) in [6, 6.07) is 5.52. The molecule has 0 bridgehead atoms. The molecule has 0 aliphatic carbocycles. The number of hydrogen-bond acceptors (Lipinski definition) is 6. The molecule has 1 amide bonds. The highest BCUT2D eigenvalue weighted by atomic mass is 16.6. The third kappa shape index (κ3) is 2.90. The molecule has 0 saturated carbocycles. The van der Waals surface area contributed by atoms with E-state index in [0.29, 0.717) is 25.6 Å². The van der Waals surface area contributed by atoms with Crippen molar-refractivity contribution in [3.63, 3.8) is 0 Å². The van der Waals surface area contributed by atoms with Gasteiger partial charge in [0.05, 0.1) is 0 Å². The molecule has 1 aromatic heterocycles. The average molecular weight is 357 g/mol. The smallest absolute Gasteiger partial charge is 0.247 e. The lowest BCUT2D eigenvalue weighted by molar-refractivity contribution is -0.136. The zero-order chi connectivity index (χ0) is 18.3. The van der Waals surface area contributed by atoms with Gasteiger partial charge in [0.1, 0.15) is 19.0 Å². The number of amides is 1. The molecular formula is C18H23N5O3.